The second kappa shape index (κ2) is 4.77. The average molecular weight is 271 g/mol. The molecule has 2 heterocycles. The number of fused-ring (bicyclic) bond motifs is 1. The molecule has 4 heteroatoms. The van der Waals surface area contributed by atoms with Crippen molar-refractivity contribution in [2.24, 2.45) is 0 Å². The van der Waals surface area contributed by atoms with Crippen molar-refractivity contribution in [3.8, 4) is 0 Å². The number of carbonyl (C=O) groups is 1. The molecule has 0 bridgehead atoms. The van der Waals surface area contributed by atoms with E-state index in [0.717, 1.165) is 18.2 Å². The van der Waals surface area contributed by atoms with E-state index in [2.05, 4.69) is 27.7 Å². The standard InChI is InChI=1S/C16H21N3O/c20-16-6-1-11-9-12(2-5-15(11)18-16)17-13-7-8-19(10-13)14-3-4-14/h2,5,9,13-14,17H,1,3-4,6-8,10H2,(H,18,20). The summed E-state index contributed by atoms with van der Waals surface area (Å²) in [6.45, 7) is 2.42. The molecule has 2 aliphatic heterocycles. The van der Waals surface area contributed by atoms with E-state index in [-0.39, 0.29) is 5.91 Å². The van der Waals surface area contributed by atoms with E-state index >= 15 is 0 Å². The third-order valence-electron chi connectivity index (χ3n) is 4.65. The van der Waals surface area contributed by atoms with Crippen LogP contribution in [0.25, 0.3) is 0 Å². The fourth-order valence-electron chi connectivity index (χ4n) is 3.39. The second-order valence-corrected chi connectivity index (χ2v) is 6.28. The number of hydrogen-bond donors (Lipinski definition) is 2. The second-order valence-electron chi connectivity index (χ2n) is 6.28. The summed E-state index contributed by atoms with van der Waals surface area (Å²) in [6, 6.07) is 7.77. The maximum atomic E-state index is 11.4. The fraction of sp³-hybridized carbons (Fsp3) is 0.562. The maximum absolute atomic E-state index is 11.4. The van der Waals surface area contributed by atoms with Gasteiger partial charge in [-0.1, -0.05) is 0 Å². The molecule has 1 aromatic rings. The first kappa shape index (κ1) is 12.2. The normalized spacial score (nSPS) is 26.2. The fourth-order valence-corrected chi connectivity index (χ4v) is 3.39. The molecule has 0 radical (unpaired) electrons. The molecule has 1 saturated carbocycles. The van der Waals surface area contributed by atoms with E-state index in [4.69, 9.17) is 0 Å². The molecule has 2 N–H and O–H groups in total. The average Bonchev–Trinajstić information content (AvgIpc) is 3.20. The van der Waals surface area contributed by atoms with Crippen LogP contribution in [0.4, 0.5) is 11.4 Å². The van der Waals surface area contributed by atoms with Crippen LogP contribution in [0, 0.1) is 0 Å². The van der Waals surface area contributed by atoms with E-state index in [9.17, 15) is 4.79 Å². The van der Waals surface area contributed by atoms with Crippen LogP contribution in [0.3, 0.4) is 0 Å². The molecular weight excluding hydrogens is 250 g/mol. The van der Waals surface area contributed by atoms with Gasteiger partial charge in [0, 0.05) is 43.0 Å². The van der Waals surface area contributed by atoms with Gasteiger partial charge in [0.1, 0.15) is 0 Å². The summed E-state index contributed by atoms with van der Waals surface area (Å²) >= 11 is 0. The Morgan fingerprint density at radius 3 is 2.95 bits per heavy atom. The number of benzene rings is 1. The molecule has 3 aliphatic rings. The van der Waals surface area contributed by atoms with Gasteiger partial charge >= 0.3 is 0 Å². The Bertz CT molecular complexity index is 539. The van der Waals surface area contributed by atoms with Crippen LogP contribution < -0.4 is 10.6 Å². The summed E-state index contributed by atoms with van der Waals surface area (Å²) in [5.41, 5.74) is 3.44. The molecule has 0 aromatic heterocycles. The van der Waals surface area contributed by atoms with Gasteiger partial charge in [-0.2, -0.15) is 0 Å². The molecule has 1 aromatic carbocycles. The van der Waals surface area contributed by atoms with E-state index in [1.165, 1.54) is 43.6 Å². The molecule has 4 nitrogen and oxygen atoms in total. The van der Waals surface area contributed by atoms with Gasteiger partial charge in [0.05, 0.1) is 0 Å². The number of nitrogens with zero attached hydrogens (tertiary/aromatic N) is 1. The highest BCUT2D eigenvalue weighted by atomic mass is 16.1. The van der Waals surface area contributed by atoms with Gasteiger partial charge in [-0.15, -0.1) is 0 Å². The molecule has 1 amide bonds. The Morgan fingerprint density at radius 1 is 1.20 bits per heavy atom. The first-order valence-electron chi connectivity index (χ1n) is 7.71. The highest BCUT2D eigenvalue weighted by Crippen LogP contribution is 2.31. The molecule has 1 saturated heterocycles. The maximum Gasteiger partial charge on any atom is 0.224 e. The number of carbonyl (C=O) groups excluding carboxylic acids is 1. The zero-order valence-electron chi connectivity index (χ0n) is 11.7. The van der Waals surface area contributed by atoms with Crippen LogP contribution >= 0.6 is 0 Å². The van der Waals surface area contributed by atoms with Crippen LogP contribution in [0.2, 0.25) is 0 Å². The molecule has 0 spiro atoms. The van der Waals surface area contributed by atoms with Crippen molar-refractivity contribution in [1.82, 2.24) is 4.90 Å². The van der Waals surface area contributed by atoms with Crippen molar-refractivity contribution < 1.29 is 4.79 Å². The first-order valence-corrected chi connectivity index (χ1v) is 7.71. The lowest BCUT2D eigenvalue weighted by atomic mass is 10.0. The van der Waals surface area contributed by atoms with Crippen molar-refractivity contribution in [3.05, 3.63) is 23.8 Å². The summed E-state index contributed by atoms with van der Waals surface area (Å²) in [5.74, 6) is 0.133. The minimum Gasteiger partial charge on any atom is -0.381 e. The van der Waals surface area contributed by atoms with Crippen LogP contribution in [-0.4, -0.2) is 36.0 Å². The van der Waals surface area contributed by atoms with Crippen LogP contribution in [0.5, 0.6) is 0 Å². The summed E-state index contributed by atoms with van der Waals surface area (Å²) in [5, 5.41) is 6.60. The molecular formula is C16H21N3O. The lowest BCUT2D eigenvalue weighted by molar-refractivity contribution is -0.116. The summed E-state index contributed by atoms with van der Waals surface area (Å²) < 4.78 is 0. The van der Waals surface area contributed by atoms with Crippen LogP contribution in [0.1, 0.15) is 31.2 Å². The van der Waals surface area contributed by atoms with Crippen molar-refractivity contribution in [2.75, 3.05) is 23.7 Å². The summed E-state index contributed by atoms with van der Waals surface area (Å²) in [7, 11) is 0. The zero-order chi connectivity index (χ0) is 13.5. The Labute approximate surface area is 119 Å². The predicted octanol–water partition coefficient (Wildman–Crippen LogP) is 2.22. The first-order chi connectivity index (χ1) is 9.78. The van der Waals surface area contributed by atoms with Crippen LogP contribution in [0.15, 0.2) is 18.2 Å². The minimum atomic E-state index is 0.133. The molecule has 1 unspecified atom stereocenters. The van der Waals surface area contributed by atoms with Crippen LogP contribution in [-0.2, 0) is 11.2 Å². The third-order valence-corrected chi connectivity index (χ3v) is 4.65. The number of rotatable bonds is 3. The van der Waals surface area contributed by atoms with Crippen molar-refractivity contribution in [2.45, 2.75) is 44.2 Å². The third kappa shape index (κ3) is 2.40. The number of anilines is 2. The Hall–Kier alpha value is -1.55. The number of hydrogen-bond acceptors (Lipinski definition) is 3. The number of likely N-dealkylation sites (tertiary alicyclic amines) is 1. The van der Waals surface area contributed by atoms with Gasteiger partial charge in [0.15, 0.2) is 0 Å². The summed E-state index contributed by atoms with van der Waals surface area (Å²) in [6.07, 6.45) is 5.49. The molecule has 20 heavy (non-hydrogen) atoms. The highest BCUT2D eigenvalue weighted by Gasteiger charge is 2.34. The van der Waals surface area contributed by atoms with Gasteiger partial charge in [-0.05, 0) is 49.4 Å². The monoisotopic (exact) mass is 271 g/mol. The van der Waals surface area contributed by atoms with Gasteiger partial charge in [-0.25, -0.2) is 0 Å². The molecule has 2 fully saturated rings. The van der Waals surface area contributed by atoms with Gasteiger partial charge < -0.3 is 10.6 Å². The number of nitrogens with one attached hydrogen (secondary N) is 2. The quantitative estimate of drug-likeness (QED) is 0.886. The molecule has 106 valence electrons. The lowest BCUT2D eigenvalue weighted by Gasteiger charge is -2.20. The van der Waals surface area contributed by atoms with E-state index in [1.807, 2.05) is 6.07 Å². The number of amides is 1. The van der Waals surface area contributed by atoms with E-state index in [0.29, 0.717) is 12.5 Å². The highest BCUT2D eigenvalue weighted by molar-refractivity contribution is 5.94. The molecule has 1 aliphatic carbocycles. The summed E-state index contributed by atoms with van der Waals surface area (Å²) in [4.78, 5) is 14.0. The van der Waals surface area contributed by atoms with Gasteiger partial charge in [0.25, 0.3) is 0 Å². The number of aryl methyl sites for hydroxylation is 1. The lowest BCUT2D eigenvalue weighted by Crippen LogP contribution is -2.27. The minimum absolute atomic E-state index is 0.133. The molecule has 1 atom stereocenters. The topological polar surface area (TPSA) is 44.4 Å². The van der Waals surface area contributed by atoms with Gasteiger partial charge in [-0.3, -0.25) is 9.69 Å². The van der Waals surface area contributed by atoms with Gasteiger partial charge in [0.2, 0.25) is 5.91 Å². The Morgan fingerprint density at radius 2 is 2.10 bits per heavy atom. The Balaban J connectivity index is 1.43. The predicted molar refractivity (Wildman–Crippen MR) is 80.0 cm³/mol. The van der Waals surface area contributed by atoms with E-state index < -0.39 is 0 Å². The van der Waals surface area contributed by atoms with Crippen molar-refractivity contribution in [1.29, 1.82) is 0 Å². The largest absolute Gasteiger partial charge is 0.381 e. The Kier molecular flexibility index (Phi) is 2.91. The zero-order valence-corrected chi connectivity index (χ0v) is 11.7. The SMILES string of the molecule is O=C1CCc2cc(NC3CCN(C4CC4)C3)ccc2N1. The van der Waals surface area contributed by atoms with Crippen molar-refractivity contribution in [3.63, 3.8) is 0 Å². The van der Waals surface area contributed by atoms with E-state index in [1.54, 1.807) is 0 Å². The molecule has 4 rings (SSSR count). The smallest absolute Gasteiger partial charge is 0.224 e. The van der Waals surface area contributed by atoms with Crippen molar-refractivity contribution >= 4 is 17.3 Å².